The number of benzene rings is 1. The molecule has 1 fully saturated rings. The van der Waals surface area contributed by atoms with Crippen molar-refractivity contribution >= 4 is 5.91 Å². The summed E-state index contributed by atoms with van der Waals surface area (Å²) in [6.45, 7) is 4.57. The van der Waals surface area contributed by atoms with E-state index in [4.69, 9.17) is 9.47 Å². The largest absolute Gasteiger partial charge is 0.493 e. The molecule has 1 heterocycles. The van der Waals surface area contributed by atoms with Crippen molar-refractivity contribution < 1.29 is 14.3 Å². The molecular formula is C16H24N2O3. The number of methoxy groups -OCH3 is 1. The van der Waals surface area contributed by atoms with Crippen molar-refractivity contribution in [3.63, 3.8) is 0 Å². The van der Waals surface area contributed by atoms with Crippen molar-refractivity contribution in [3.8, 4) is 11.5 Å². The third kappa shape index (κ3) is 4.36. The number of amides is 1. The summed E-state index contributed by atoms with van der Waals surface area (Å²) >= 11 is 0. The molecule has 2 rings (SSSR count). The molecule has 0 saturated carbocycles. The second-order valence-corrected chi connectivity index (χ2v) is 5.23. The third-order valence-corrected chi connectivity index (χ3v) is 3.58. The Balaban J connectivity index is 2.01. The van der Waals surface area contributed by atoms with E-state index in [1.807, 2.05) is 0 Å². The topological polar surface area (TPSA) is 59.6 Å². The lowest BCUT2D eigenvalue weighted by molar-refractivity contribution is 0.0939. The zero-order valence-corrected chi connectivity index (χ0v) is 12.8. The lowest BCUT2D eigenvalue weighted by Gasteiger charge is -2.14. The van der Waals surface area contributed by atoms with Crippen LogP contribution in [0, 0.1) is 0 Å². The standard InChI is InChI=1S/C16H24N2O3/c1-3-4-9-21-14-6-5-12(10-15(14)20-2)16(19)18-13-7-8-17-11-13/h5-6,10,13,17H,3-4,7-9,11H2,1-2H3,(H,18,19). The Kier molecular flexibility index (Phi) is 5.87. The van der Waals surface area contributed by atoms with Crippen LogP contribution in [-0.2, 0) is 0 Å². The Morgan fingerprint density at radius 1 is 1.43 bits per heavy atom. The molecule has 0 aliphatic carbocycles. The average Bonchev–Trinajstić information content (AvgIpc) is 3.00. The summed E-state index contributed by atoms with van der Waals surface area (Å²) in [5.41, 5.74) is 0.599. The molecule has 1 aliphatic rings. The Hall–Kier alpha value is -1.75. The zero-order chi connectivity index (χ0) is 15.1. The van der Waals surface area contributed by atoms with Crippen LogP contribution >= 0.6 is 0 Å². The highest BCUT2D eigenvalue weighted by molar-refractivity contribution is 5.95. The molecule has 1 atom stereocenters. The molecule has 0 aromatic heterocycles. The summed E-state index contributed by atoms with van der Waals surface area (Å²) in [6, 6.07) is 5.53. The lowest BCUT2D eigenvalue weighted by atomic mass is 10.1. The van der Waals surface area contributed by atoms with Crippen LogP contribution in [0.4, 0.5) is 0 Å². The van der Waals surface area contributed by atoms with Gasteiger partial charge in [0.2, 0.25) is 0 Å². The minimum Gasteiger partial charge on any atom is -0.493 e. The Morgan fingerprint density at radius 2 is 2.29 bits per heavy atom. The highest BCUT2D eigenvalue weighted by atomic mass is 16.5. The van der Waals surface area contributed by atoms with E-state index >= 15 is 0 Å². The molecule has 1 saturated heterocycles. The van der Waals surface area contributed by atoms with Crippen LogP contribution in [0.2, 0.25) is 0 Å². The summed E-state index contributed by atoms with van der Waals surface area (Å²) in [5, 5.41) is 6.25. The van der Waals surface area contributed by atoms with Crippen LogP contribution in [0.15, 0.2) is 18.2 Å². The smallest absolute Gasteiger partial charge is 0.251 e. The van der Waals surface area contributed by atoms with Gasteiger partial charge in [0.1, 0.15) is 0 Å². The summed E-state index contributed by atoms with van der Waals surface area (Å²) in [6.07, 6.45) is 3.05. The van der Waals surface area contributed by atoms with Crippen LogP contribution in [0.1, 0.15) is 36.5 Å². The van der Waals surface area contributed by atoms with Crippen molar-refractivity contribution in [2.24, 2.45) is 0 Å². The van der Waals surface area contributed by atoms with Crippen molar-refractivity contribution in [1.82, 2.24) is 10.6 Å². The number of ether oxygens (including phenoxy) is 2. The van der Waals surface area contributed by atoms with Gasteiger partial charge in [-0.3, -0.25) is 4.79 Å². The van der Waals surface area contributed by atoms with E-state index in [0.29, 0.717) is 23.7 Å². The first-order chi connectivity index (χ1) is 10.2. The Labute approximate surface area is 126 Å². The molecule has 2 N–H and O–H groups in total. The number of hydrogen-bond donors (Lipinski definition) is 2. The van der Waals surface area contributed by atoms with Crippen LogP contribution in [0.25, 0.3) is 0 Å². The van der Waals surface area contributed by atoms with Crippen molar-refractivity contribution in [2.45, 2.75) is 32.2 Å². The predicted octanol–water partition coefficient (Wildman–Crippen LogP) is 1.97. The van der Waals surface area contributed by atoms with E-state index in [1.165, 1.54) is 0 Å². The van der Waals surface area contributed by atoms with E-state index < -0.39 is 0 Å². The van der Waals surface area contributed by atoms with Gasteiger partial charge in [-0.25, -0.2) is 0 Å². The summed E-state index contributed by atoms with van der Waals surface area (Å²) in [4.78, 5) is 12.2. The van der Waals surface area contributed by atoms with Crippen molar-refractivity contribution in [1.29, 1.82) is 0 Å². The van der Waals surface area contributed by atoms with Crippen LogP contribution in [-0.4, -0.2) is 38.8 Å². The van der Waals surface area contributed by atoms with Gasteiger partial charge in [0.05, 0.1) is 13.7 Å². The van der Waals surface area contributed by atoms with E-state index in [-0.39, 0.29) is 11.9 Å². The van der Waals surface area contributed by atoms with Gasteiger partial charge in [-0.15, -0.1) is 0 Å². The molecule has 5 nitrogen and oxygen atoms in total. The number of carbonyl (C=O) groups is 1. The van der Waals surface area contributed by atoms with Crippen molar-refractivity contribution in [3.05, 3.63) is 23.8 Å². The van der Waals surface area contributed by atoms with Crippen LogP contribution < -0.4 is 20.1 Å². The molecule has 116 valence electrons. The monoisotopic (exact) mass is 292 g/mol. The summed E-state index contributed by atoms with van der Waals surface area (Å²) in [7, 11) is 1.59. The first-order valence-electron chi connectivity index (χ1n) is 7.57. The van der Waals surface area contributed by atoms with Gasteiger partial charge in [-0.05, 0) is 37.6 Å². The van der Waals surface area contributed by atoms with Gasteiger partial charge in [-0.1, -0.05) is 13.3 Å². The zero-order valence-electron chi connectivity index (χ0n) is 12.8. The minimum atomic E-state index is -0.0675. The number of carbonyl (C=O) groups excluding carboxylic acids is 1. The molecule has 1 aromatic carbocycles. The molecule has 5 heteroatoms. The Morgan fingerprint density at radius 3 is 2.95 bits per heavy atom. The first kappa shape index (κ1) is 15.6. The Bertz CT molecular complexity index is 471. The number of nitrogens with one attached hydrogen (secondary N) is 2. The van der Waals surface area contributed by atoms with Gasteiger partial charge < -0.3 is 20.1 Å². The molecule has 0 radical (unpaired) electrons. The van der Waals surface area contributed by atoms with E-state index in [0.717, 1.165) is 32.4 Å². The van der Waals surface area contributed by atoms with E-state index in [1.54, 1.807) is 25.3 Å². The van der Waals surface area contributed by atoms with Gasteiger partial charge >= 0.3 is 0 Å². The fraction of sp³-hybridized carbons (Fsp3) is 0.562. The molecular weight excluding hydrogens is 268 g/mol. The fourth-order valence-corrected chi connectivity index (χ4v) is 2.30. The maximum atomic E-state index is 12.2. The third-order valence-electron chi connectivity index (χ3n) is 3.58. The number of rotatable bonds is 7. The highest BCUT2D eigenvalue weighted by Gasteiger charge is 2.18. The molecule has 0 bridgehead atoms. The first-order valence-corrected chi connectivity index (χ1v) is 7.57. The predicted molar refractivity (Wildman–Crippen MR) is 82.1 cm³/mol. The molecule has 1 aromatic rings. The molecule has 1 amide bonds. The van der Waals surface area contributed by atoms with Gasteiger partial charge in [0.25, 0.3) is 5.91 Å². The van der Waals surface area contributed by atoms with Gasteiger partial charge in [-0.2, -0.15) is 0 Å². The van der Waals surface area contributed by atoms with Gasteiger partial charge in [0.15, 0.2) is 11.5 Å². The maximum Gasteiger partial charge on any atom is 0.251 e. The highest BCUT2D eigenvalue weighted by Crippen LogP contribution is 2.28. The number of unbranched alkanes of at least 4 members (excludes halogenated alkanes) is 1. The van der Waals surface area contributed by atoms with Gasteiger partial charge in [0, 0.05) is 18.2 Å². The summed E-state index contributed by atoms with van der Waals surface area (Å²) in [5.74, 6) is 1.22. The molecule has 1 aliphatic heterocycles. The second-order valence-electron chi connectivity index (χ2n) is 5.23. The molecule has 0 spiro atoms. The maximum absolute atomic E-state index is 12.2. The fourth-order valence-electron chi connectivity index (χ4n) is 2.30. The molecule has 21 heavy (non-hydrogen) atoms. The van der Waals surface area contributed by atoms with E-state index in [9.17, 15) is 4.79 Å². The lowest BCUT2D eigenvalue weighted by Crippen LogP contribution is -2.36. The minimum absolute atomic E-state index is 0.0675. The number of hydrogen-bond acceptors (Lipinski definition) is 4. The van der Waals surface area contributed by atoms with Crippen LogP contribution in [0.3, 0.4) is 0 Å². The average molecular weight is 292 g/mol. The molecule has 1 unspecified atom stereocenters. The van der Waals surface area contributed by atoms with E-state index in [2.05, 4.69) is 17.6 Å². The van der Waals surface area contributed by atoms with Crippen LogP contribution in [0.5, 0.6) is 11.5 Å². The SMILES string of the molecule is CCCCOc1ccc(C(=O)NC2CCNC2)cc1OC. The summed E-state index contributed by atoms with van der Waals surface area (Å²) < 4.78 is 11.0. The quantitative estimate of drug-likeness (QED) is 0.754. The normalized spacial score (nSPS) is 17.5. The van der Waals surface area contributed by atoms with Crippen molar-refractivity contribution in [2.75, 3.05) is 26.8 Å². The second kappa shape index (κ2) is 7.88.